The lowest BCUT2D eigenvalue weighted by molar-refractivity contribution is -0.160. The van der Waals surface area contributed by atoms with Crippen LogP contribution in [-0.4, -0.2) is 56.3 Å². The molecule has 0 aliphatic carbocycles. The van der Waals surface area contributed by atoms with E-state index in [-0.39, 0.29) is 16.8 Å². The molecule has 2 aliphatic rings. The molecule has 1 aromatic rings. The van der Waals surface area contributed by atoms with Gasteiger partial charge in [0.1, 0.15) is 4.90 Å². The molecule has 1 N–H and O–H groups in total. The van der Waals surface area contributed by atoms with Crippen molar-refractivity contribution in [2.45, 2.75) is 50.7 Å². The molecular formula is C19H25N3O5S. The topological polar surface area (TPSA) is 105 Å². The maximum Gasteiger partial charge on any atom is 0.311 e. The Morgan fingerprint density at radius 2 is 1.96 bits per heavy atom. The second-order valence-corrected chi connectivity index (χ2v) is 8.99. The van der Waals surface area contributed by atoms with E-state index in [9.17, 15) is 18.0 Å². The van der Waals surface area contributed by atoms with Gasteiger partial charge in [-0.1, -0.05) is 12.1 Å². The Labute approximate surface area is 165 Å². The number of likely N-dealkylation sites (tertiary alicyclic amines) is 1. The predicted octanol–water partition coefficient (Wildman–Crippen LogP) is 1.30. The minimum absolute atomic E-state index is 0.0405. The highest BCUT2D eigenvalue weighted by Gasteiger charge is 2.36. The van der Waals surface area contributed by atoms with E-state index in [2.05, 4.69) is 9.71 Å². The van der Waals surface area contributed by atoms with E-state index in [1.165, 1.54) is 6.07 Å². The maximum absolute atomic E-state index is 12.5. The lowest BCUT2D eigenvalue weighted by Crippen LogP contribution is -2.45. The average Bonchev–Trinajstić information content (AvgIpc) is 2.93. The van der Waals surface area contributed by atoms with Crippen LogP contribution in [0, 0.1) is 5.92 Å². The van der Waals surface area contributed by atoms with Gasteiger partial charge in [-0.05, 0) is 45.7 Å². The predicted molar refractivity (Wildman–Crippen MR) is 103 cm³/mol. The Hall–Kier alpha value is -2.42. The lowest BCUT2D eigenvalue weighted by atomic mass is 9.97. The Kier molecular flexibility index (Phi) is 5.74. The summed E-state index contributed by atoms with van der Waals surface area (Å²) >= 11 is 0. The van der Waals surface area contributed by atoms with Crippen molar-refractivity contribution in [2.75, 3.05) is 13.1 Å². The van der Waals surface area contributed by atoms with Crippen LogP contribution < -0.4 is 5.32 Å². The molecule has 1 saturated heterocycles. The molecule has 0 unspecified atom stereocenters. The molecule has 0 saturated carbocycles. The van der Waals surface area contributed by atoms with Gasteiger partial charge < -0.3 is 15.0 Å². The first kappa shape index (κ1) is 20.3. The molecular weight excluding hydrogens is 382 g/mol. The highest BCUT2D eigenvalue weighted by atomic mass is 32.2. The molecule has 8 nitrogen and oxygen atoms in total. The summed E-state index contributed by atoms with van der Waals surface area (Å²) in [7, 11) is -3.71. The molecule has 2 atom stereocenters. The van der Waals surface area contributed by atoms with Crippen molar-refractivity contribution < 1.29 is 22.7 Å². The summed E-state index contributed by atoms with van der Waals surface area (Å²) in [6.07, 6.45) is 0.443. The van der Waals surface area contributed by atoms with E-state index in [4.69, 9.17) is 4.74 Å². The molecule has 28 heavy (non-hydrogen) atoms. The first-order chi connectivity index (χ1) is 13.2. The zero-order chi connectivity index (χ0) is 20.5. The number of hydrogen-bond donors (Lipinski definition) is 1. The molecule has 1 amide bonds. The molecule has 0 spiro atoms. The van der Waals surface area contributed by atoms with Gasteiger partial charge in [-0.2, -0.15) is 8.42 Å². The van der Waals surface area contributed by atoms with E-state index >= 15 is 0 Å². The van der Waals surface area contributed by atoms with E-state index in [1.54, 1.807) is 25.1 Å². The van der Waals surface area contributed by atoms with Gasteiger partial charge in [-0.25, -0.2) is 0 Å². The number of piperidine rings is 1. The summed E-state index contributed by atoms with van der Waals surface area (Å²) in [5, 5.41) is 2.71. The molecule has 2 aliphatic heterocycles. The summed E-state index contributed by atoms with van der Waals surface area (Å²) in [6.45, 7) is 6.12. The number of esters is 1. The quantitative estimate of drug-likeness (QED) is 0.755. The van der Waals surface area contributed by atoms with Crippen molar-refractivity contribution in [2.24, 2.45) is 10.3 Å². The first-order valence-corrected chi connectivity index (χ1v) is 10.8. The molecule has 0 bridgehead atoms. The van der Waals surface area contributed by atoms with Gasteiger partial charge in [0.25, 0.3) is 15.9 Å². The number of hydrogen-bond acceptors (Lipinski definition) is 6. The first-order valence-electron chi connectivity index (χ1n) is 9.39. The van der Waals surface area contributed by atoms with Crippen LogP contribution in [0.15, 0.2) is 33.6 Å². The van der Waals surface area contributed by atoms with Gasteiger partial charge in [0.05, 0.1) is 5.92 Å². The molecule has 0 aromatic heterocycles. The van der Waals surface area contributed by atoms with E-state index in [1.807, 2.05) is 18.7 Å². The molecule has 0 radical (unpaired) electrons. The number of carbonyl (C=O) groups excluding carboxylic acids is 2. The number of nitrogens with one attached hydrogen (secondary N) is 1. The Morgan fingerprint density at radius 3 is 2.68 bits per heavy atom. The van der Waals surface area contributed by atoms with Gasteiger partial charge >= 0.3 is 5.97 Å². The van der Waals surface area contributed by atoms with Crippen molar-refractivity contribution >= 4 is 27.7 Å². The fourth-order valence-corrected chi connectivity index (χ4v) is 4.63. The minimum Gasteiger partial charge on any atom is -0.452 e. The van der Waals surface area contributed by atoms with Crippen molar-refractivity contribution in [3.63, 3.8) is 0 Å². The van der Waals surface area contributed by atoms with Crippen molar-refractivity contribution in [3.8, 4) is 0 Å². The molecule has 3 rings (SSSR count). The number of sulfonamides is 1. The highest BCUT2D eigenvalue weighted by molar-refractivity contribution is 7.90. The summed E-state index contributed by atoms with van der Waals surface area (Å²) in [4.78, 5) is 26.5. The minimum atomic E-state index is -3.71. The van der Waals surface area contributed by atoms with Crippen LogP contribution in [-0.2, 0) is 24.3 Å². The van der Waals surface area contributed by atoms with Gasteiger partial charge in [0, 0.05) is 24.7 Å². The van der Waals surface area contributed by atoms with E-state index in [0.717, 1.165) is 0 Å². The second-order valence-electron chi connectivity index (χ2n) is 7.41. The zero-order valence-electron chi connectivity index (χ0n) is 16.2. The van der Waals surface area contributed by atoms with Crippen LogP contribution in [0.5, 0.6) is 0 Å². The number of rotatable bonds is 4. The van der Waals surface area contributed by atoms with Crippen LogP contribution in [0.3, 0.4) is 0 Å². The fourth-order valence-electron chi connectivity index (χ4n) is 3.40. The SMILES string of the molecule is CC(C)NC(=O)[C@H](C)OC(=O)[C@H]1CCCN(C2=NS(=O)(=O)c3ccccc32)C1. The highest BCUT2D eigenvalue weighted by Crippen LogP contribution is 2.30. The van der Waals surface area contributed by atoms with Crippen LogP contribution in [0.25, 0.3) is 0 Å². The fraction of sp³-hybridized carbons (Fsp3) is 0.526. The standard InChI is InChI=1S/C19H25N3O5S/c1-12(2)20-18(23)13(3)27-19(24)14-7-6-10-22(11-14)17-15-8-4-5-9-16(15)28(25,26)21-17/h4-5,8-9,12-14H,6-7,10-11H2,1-3H3,(H,20,23)/t13-,14-/m0/s1. The summed E-state index contributed by atoms with van der Waals surface area (Å²) in [6, 6.07) is 6.64. The summed E-state index contributed by atoms with van der Waals surface area (Å²) in [5.74, 6) is -0.859. The molecule has 1 aromatic carbocycles. The number of amidine groups is 1. The van der Waals surface area contributed by atoms with Crippen LogP contribution in [0.1, 0.15) is 39.2 Å². The number of ether oxygens (including phenoxy) is 1. The van der Waals surface area contributed by atoms with Crippen molar-refractivity contribution in [1.29, 1.82) is 0 Å². The third kappa shape index (κ3) is 4.19. The molecule has 9 heteroatoms. The average molecular weight is 407 g/mol. The normalized spacial score (nSPS) is 21.6. The molecule has 152 valence electrons. The van der Waals surface area contributed by atoms with Crippen molar-refractivity contribution in [3.05, 3.63) is 29.8 Å². The number of amides is 1. The lowest BCUT2D eigenvalue weighted by Gasteiger charge is -2.33. The number of benzene rings is 1. The van der Waals surface area contributed by atoms with Gasteiger partial charge in [-0.15, -0.1) is 4.40 Å². The summed E-state index contributed by atoms with van der Waals surface area (Å²) in [5.41, 5.74) is 0.557. The Morgan fingerprint density at radius 1 is 1.25 bits per heavy atom. The van der Waals surface area contributed by atoms with E-state index in [0.29, 0.717) is 37.3 Å². The number of nitrogens with zero attached hydrogens (tertiary/aromatic N) is 2. The zero-order valence-corrected chi connectivity index (χ0v) is 17.0. The van der Waals surface area contributed by atoms with Crippen molar-refractivity contribution in [1.82, 2.24) is 10.2 Å². The third-order valence-corrected chi connectivity index (χ3v) is 6.08. The van der Waals surface area contributed by atoms with Crippen LogP contribution >= 0.6 is 0 Å². The van der Waals surface area contributed by atoms with E-state index < -0.39 is 28.0 Å². The number of fused-ring (bicyclic) bond motifs is 1. The van der Waals surface area contributed by atoms with Gasteiger partial charge in [0.2, 0.25) is 0 Å². The van der Waals surface area contributed by atoms with Crippen LogP contribution in [0.2, 0.25) is 0 Å². The maximum atomic E-state index is 12.5. The smallest absolute Gasteiger partial charge is 0.311 e. The van der Waals surface area contributed by atoms with Crippen LogP contribution in [0.4, 0.5) is 0 Å². The van der Waals surface area contributed by atoms with Gasteiger partial charge in [0.15, 0.2) is 11.9 Å². The summed E-state index contributed by atoms with van der Waals surface area (Å²) < 4.78 is 33.8. The monoisotopic (exact) mass is 407 g/mol. The Bertz CT molecular complexity index is 910. The molecule has 2 heterocycles. The Balaban J connectivity index is 1.70. The van der Waals surface area contributed by atoms with Gasteiger partial charge in [-0.3, -0.25) is 9.59 Å². The number of carbonyl (C=O) groups is 2. The molecule has 1 fully saturated rings. The second kappa shape index (κ2) is 7.90. The largest absolute Gasteiger partial charge is 0.452 e. The third-order valence-electron chi connectivity index (χ3n) is 4.76.